The Labute approximate surface area is 183 Å². The predicted octanol–water partition coefficient (Wildman–Crippen LogP) is 4.12. The molecule has 31 heavy (non-hydrogen) atoms. The third-order valence-corrected chi connectivity index (χ3v) is 6.34. The molecule has 162 valence electrons. The first-order valence-corrected chi connectivity index (χ1v) is 10.6. The molecule has 0 aliphatic carbocycles. The molecule has 1 atom stereocenters. The van der Waals surface area contributed by atoms with Crippen molar-refractivity contribution in [3.63, 3.8) is 0 Å². The molecule has 0 spiro atoms. The van der Waals surface area contributed by atoms with Crippen molar-refractivity contribution < 1.29 is 23.4 Å². The van der Waals surface area contributed by atoms with Crippen molar-refractivity contribution >= 4 is 23.5 Å². The number of hydrogen-bond acceptors (Lipinski definition) is 6. The maximum atomic E-state index is 13.4. The molecule has 7 nitrogen and oxygen atoms in total. The number of ether oxygens (including phenoxy) is 3. The van der Waals surface area contributed by atoms with Crippen molar-refractivity contribution in [3.8, 4) is 22.9 Å². The zero-order valence-corrected chi connectivity index (χ0v) is 18.4. The molecule has 0 bridgehead atoms. The van der Waals surface area contributed by atoms with Gasteiger partial charge in [-0.25, -0.2) is 9.07 Å². The van der Waals surface area contributed by atoms with E-state index in [1.54, 1.807) is 38.1 Å². The van der Waals surface area contributed by atoms with Crippen LogP contribution in [0.3, 0.4) is 0 Å². The monoisotopic (exact) mass is 443 g/mol. The number of amides is 1. The van der Waals surface area contributed by atoms with Gasteiger partial charge >= 0.3 is 0 Å². The van der Waals surface area contributed by atoms with Gasteiger partial charge in [0.15, 0.2) is 11.5 Å². The number of anilines is 1. The molecule has 0 radical (unpaired) electrons. The van der Waals surface area contributed by atoms with E-state index in [1.807, 2.05) is 19.1 Å². The van der Waals surface area contributed by atoms with Crippen molar-refractivity contribution in [3.05, 3.63) is 59.0 Å². The largest absolute Gasteiger partial charge is 0.493 e. The van der Waals surface area contributed by atoms with Gasteiger partial charge in [-0.15, -0.1) is 11.8 Å². The summed E-state index contributed by atoms with van der Waals surface area (Å²) in [7, 11) is 4.68. The van der Waals surface area contributed by atoms with Gasteiger partial charge in [-0.1, -0.05) is 0 Å². The summed E-state index contributed by atoms with van der Waals surface area (Å²) in [6.07, 6.45) is 0. The Morgan fingerprint density at radius 1 is 1.10 bits per heavy atom. The van der Waals surface area contributed by atoms with E-state index in [-0.39, 0.29) is 22.7 Å². The zero-order valence-electron chi connectivity index (χ0n) is 17.6. The first-order valence-electron chi connectivity index (χ1n) is 9.53. The van der Waals surface area contributed by atoms with E-state index in [2.05, 4.69) is 10.4 Å². The Bertz CT molecular complexity index is 1110. The fourth-order valence-electron chi connectivity index (χ4n) is 3.67. The molecule has 1 aromatic heterocycles. The number of carbonyl (C=O) groups excluding carboxylic acids is 1. The van der Waals surface area contributed by atoms with Gasteiger partial charge in [0.25, 0.3) is 0 Å². The molecule has 9 heteroatoms. The summed E-state index contributed by atoms with van der Waals surface area (Å²) in [6.45, 7) is 1.89. The van der Waals surface area contributed by atoms with Gasteiger partial charge in [0, 0.05) is 5.56 Å². The number of fused-ring (bicyclic) bond motifs is 1. The van der Waals surface area contributed by atoms with Crippen LogP contribution in [-0.2, 0) is 4.79 Å². The zero-order chi connectivity index (χ0) is 22.1. The van der Waals surface area contributed by atoms with Gasteiger partial charge in [0.05, 0.1) is 43.7 Å². The van der Waals surface area contributed by atoms with E-state index in [9.17, 15) is 9.18 Å². The molecule has 1 aliphatic heterocycles. The maximum Gasteiger partial charge on any atom is 0.235 e. The molecule has 2 heterocycles. The number of aryl methyl sites for hydroxylation is 1. The third kappa shape index (κ3) is 3.81. The Balaban J connectivity index is 1.89. The predicted molar refractivity (Wildman–Crippen MR) is 117 cm³/mol. The van der Waals surface area contributed by atoms with Crippen LogP contribution in [0.4, 0.5) is 10.2 Å². The SMILES string of the molecule is COc1cc([C@H]2SCC(=O)Nc3c2c(C)nn3-c2ccc(F)cc2)cc(OC)c1OC. The van der Waals surface area contributed by atoms with Gasteiger partial charge in [0.1, 0.15) is 11.6 Å². The Morgan fingerprint density at radius 2 is 1.74 bits per heavy atom. The standard InChI is InChI=1S/C22H22FN3O4S/c1-12-19-21(13-9-16(28-2)20(30-4)17(10-13)29-3)31-11-18(27)24-22(19)26(25-12)15-7-5-14(23)6-8-15/h5-10,21H,11H2,1-4H3,(H,24,27)/t21-/m1/s1. The molecule has 1 aliphatic rings. The number of hydrogen-bond donors (Lipinski definition) is 1. The van der Waals surface area contributed by atoms with Crippen molar-refractivity contribution in [2.45, 2.75) is 12.2 Å². The second kappa shape index (κ2) is 8.50. The number of nitrogens with zero attached hydrogens (tertiary/aromatic N) is 2. The highest BCUT2D eigenvalue weighted by Crippen LogP contribution is 2.48. The number of carbonyl (C=O) groups is 1. The first-order chi connectivity index (χ1) is 15.0. The van der Waals surface area contributed by atoms with E-state index < -0.39 is 0 Å². The van der Waals surface area contributed by atoms with Gasteiger partial charge in [-0.3, -0.25) is 4.79 Å². The van der Waals surface area contributed by atoms with Crippen molar-refractivity contribution in [2.24, 2.45) is 0 Å². The molecule has 4 rings (SSSR count). The van der Waals surface area contributed by atoms with Crippen LogP contribution in [0, 0.1) is 12.7 Å². The molecule has 0 saturated heterocycles. The van der Waals surface area contributed by atoms with Crippen LogP contribution in [0.25, 0.3) is 5.69 Å². The van der Waals surface area contributed by atoms with Crippen LogP contribution in [-0.4, -0.2) is 42.8 Å². The molecule has 0 fully saturated rings. The number of thioether (sulfide) groups is 1. The molecule has 2 aromatic carbocycles. The number of halogens is 1. The van der Waals surface area contributed by atoms with E-state index >= 15 is 0 Å². The lowest BCUT2D eigenvalue weighted by Crippen LogP contribution is -2.15. The van der Waals surface area contributed by atoms with Crippen LogP contribution in [0.5, 0.6) is 17.2 Å². The quantitative estimate of drug-likeness (QED) is 0.640. The average molecular weight is 444 g/mol. The Kier molecular flexibility index (Phi) is 5.77. The van der Waals surface area contributed by atoms with Gasteiger partial charge < -0.3 is 19.5 Å². The molecular weight excluding hydrogens is 421 g/mol. The minimum absolute atomic E-state index is 0.135. The molecular formula is C22H22FN3O4S. The van der Waals surface area contributed by atoms with Gasteiger partial charge in [0.2, 0.25) is 11.7 Å². The van der Waals surface area contributed by atoms with E-state index in [0.29, 0.717) is 28.8 Å². The number of aromatic nitrogens is 2. The molecule has 0 saturated carbocycles. The molecule has 1 N–H and O–H groups in total. The lowest BCUT2D eigenvalue weighted by atomic mass is 10.0. The van der Waals surface area contributed by atoms with Crippen molar-refractivity contribution in [2.75, 3.05) is 32.4 Å². The summed E-state index contributed by atoms with van der Waals surface area (Å²) < 4.78 is 31.5. The van der Waals surface area contributed by atoms with E-state index in [4.69, 9.17) is 14.2 Å². The lowest BCUT2D eigenvalue weighted by molar-refractivity contribution is -0.113. The summed E-state index contributed by atoms with van der Waals surface area (Å²) >= 11 is 1.49. The van der Waals surface area contributed by atoms with Crippen LogP contribution in [0.2, 0.25) is 0 Å². The third-order valence-electron chi connectivity index (χ3n) is 5.07. The number of benzene rings is 2. The number of nitrogens with one attached hydrogen (secondary N) is 1. The second-order valence-electron chi connectivity index (χ2n) is 6.93. The lowest BCUT2D eigenvalue weighted by Gasteiger charge is -2.19. The molecule has 0 unspecified atom stereocenters. The maximum absolute atomic E-state index is 13.4. The number of rotatable bonds is 5. The van der Waals surface area contributed by atoms with Gasteiger partial charge in [-0.05, 0) is 48.9 Å². The summed E-state index contributed by atoms with van der Waals surface area (Å²) in [4.78, 5) is 12.5. The normalized spacial score (nSPS) is 15.6. The van der Waals surface area contributed by atoms with Crippen LogP contribution >= 0.6 is 11.8 Å². The van der Waals surface area contributed by atoms with Gasteiger partial charge in [-0.2, -0.15) is 5.10 Å². The number of methoxy groups -OCH3 is 3. The Morgan fingerprint density at radius 3 is 2.32 bits per heavy atom. The van der Waals surface area contributed by atoms with Crippen LogP contribution < -0.4 is 19.5 Å². The summed E-state index contributed by atoms with van der Waals surface area (Å²) in [5.74, 6) is 1.92. The average Bonchev–Trinajstić information content (AvgIpc) is 2.98. The highest BCUT2D eigenvalue weighted by atomic mass is 32.2. The second-order valence-corrected chi connectivity index (χ2v) is 8.03. The van der Waals surface area contributed by atoms with E-state index in [1.165, 1.54) is 23.9 Å². The highest BCUT2D eigenvalue weighted by Gasteiger charge is 2.32. The molecule has 3 aromatic rings. The fraction of sp³-hybridized carbons (Fsp3) is 0.273. The van der Waals surface area contributed by atoms with Crippen LogP contribution in [0.15, 0.2) is 36.4 Å². The summed E-state index contributed by atoms with van der Waals surface area (Å²) in [5, 5.41) is 7.39. The topological polar surface area (TPSA) is 74.6 Å². The fourth-order valence-corrected chi connectivity index (χ4v) is 4.84. The van der Waals surface area contributed by atoms with E-state index in [0.717, 1.165) is 16.8 Å². The van der Waals surface area contributed by atoms with Crippen LogP contribution in [0.1, 0.15) is 22.1 Å². The summed E-state index contributed by atoms with van der Waals surface area (Å²) in [5.41, 5.74) is 3.17. The minimum Gasteiger partial charge on any atom is -0.493 e. The highest BCUT2D eigenvalue weighted by molar-refractivity contribution is 8.00. The minimum atomic E-state index is -0.339. The van der Waals surface area contributed by atoms with Crippen molar-refractivity contribution in [1.82, 2.24) is 9.78 Å². The molecule has 1 amide bonds. The summed E-state index contributed by atoms with van der Waals surface area (Å²) in [6, 6.07) is 9.74. The van der Waals surface area contributed by atoms with Crippen molar-refractivity contribution in [1.29, 1.82) is 0 Å². The smallest absolute Gasteiger partial charge is 0.235 e. The Hall–Kier alpha value is -3.20. The first kappa shape index (κ1) is 21.0.